The largest absolute Gasteiger partial charge is 0.394 e. The number of hydrogen-bond donors (Lipinski definition) is 2. The van der Waals surface area contributed by atoms with Crippen LogP contribution in [0.3, 0.4) is 0 Å². The fourth-order valence-corrected chi connectivity index (χ4v) is 1.88. The predicted octanol–water partition coefficient (Wildman–Crippen LogP) is 1.30. The van der Waals surface area contributed by atoms with Crippen molar-refractivity contribution in [1.29, 1.82) is 0 Å². The van der Waals surface area contributed by atoms with Crippen molar-refractivity contribution in [2.45, 2.75) is 57.2 Å². The molecular weight excluding hydrogens is 178 g/mol. The molecule has 1 rings (SSSR count). The zero-order valence-electron chi connectivity index (χ0n) is 9.76. The molecule has 1 unspecified atom stereocenters. The van der Waals surface area contributed by atoms with Gasteiger partial charge in [0.05, 0.1) is 12.2 Å². The first-order chi connectivity index (χ1) is 6.41. The summed E-state index contributed by atoms with van der Waals surface area (Å²) in [6, 6.07) is 0.611. The molecule has 0 aromatic heterocycles. The lowest BCUT2D eigenvalue weighted by atomic mass is 9.88. The second kappa shape index (κ2) is 4.17. The molecule has 1 aliphatic rings. The smallest absolute Gasteiger partial charge is 0.0641 e. The molecule has 3 nitrogen and oxygen atoms in total. The molecule has 0 aromatic carbocycles. The highest BCUT2D eigenvalue weighted by atomic mass is 16.5. The summed E-state index contributed by atoms with van der Waals surface area (Å²) in [5.74, 6) is 0. The Morgan fingerprint density at radius 3 is 2.29 bits per heavy atom. The lowest BCUT2D eigenvalue weighted by Crippen LogP contribution is -2.51. The van der Waals surface area contributed by atoms with E-state index in [0.717, 1.165) is 6.42 Å². The van der Waals surface area contributed by atoms with Crippen molar-refractivity contribution in [1.82, 2.24) is 5.32 Å². The lowest BCUT2D eigenvalue weighted by molar-refractivity contribution is -0.0166. The van der Waals surface area contributed by atoms with Gasteiger partial charge in [0.1, 0.15) is 0 Å². The summed E-state index contributed by atoms with van der Waals surface area (Å²) < 4.78 is 5.39. The van der Waals surface area contributed by atoms with Crippen LogP contribution in [-0.2, 0) is 4.74 Å². The van der Waals surface area contributed by atoms with Gasteiger partial charge < -0.3 is 15.2 Å². The average Bonchev–Trinajstić information content (AvgIpc) is 2.87. The number of ether oxygens (including phenoxy) is 1. The Morgan fingerprint density at radius 2 is 1.93 bits per heavy atom. The van der Waals surface area contributed by atoms with E-state index < -0.39 is 0 Å². The molecule has 3 heteroatoms. The van der Waals surface area contributed by atoms with Crippen LogP contribution in [0.25, 0.3) is 0 Å². The van der Waals surface area contributed by atoms with Gasteiger partial charge in [-0.3, -0.25) is 0 Å². The summed E-state index contributed by atoms with van der Waals surface area (Å²) >= 11 is 0. The summed E-state index contributed by atoms with van der Waals surface area (Å²) in [5, 5.41) is 12.9. The minimum Gasteiger partial charge on any atom is -0.394 e. The van der Waals surface area contributed by atoms with Crippen LogP contribution in [0, 0.1) is 0 Å². The molecule has 1 aliphatic carbocycles. The van der Waals surface area contributed by atoms with Gasteiger partial charge in [-0.15, -0.1) is 0 Å². The SMILES string of the molecule is COC(C)(C)CC(C)(CO)NC1CC1. The van der Waals surface area contributed by atoms with Crippen LogP contribution >= 0.6 is 0 Å². The first-order valence-electron chi connectivity index (χ1n) is 5.34. The Bertz CT molecular complexity index is 190. The first-order valence-corrected chi connectivity index (χ1v) is 5.34. The number of aliphatic hydroxyl groups excluding tert-OH is 1. The third-order valence-corrected chi connectivity index (χ3v) is 2.85. The van der Waals surface area contributed by atoms with Gasteiger partial charge in [-0.05, 0) is 40.0 Å². The van der Waals surface area contributed by atoms with Gasteiger partial charge in [0.2, 0.25) is 0 Å². The van der Waals surface area contributed by atoms with Gasteiger partial charge in [0.25, 0.3) is 0 Å². The monoisotopic (exact) mass is 201 g/mol. The summed E-state index contributed by atoms with van der Waals surface area (Å²) in [5.41, 5.74) is -0.389. The highest BCUT2D eigenvalue weighted by molar-refractivity contribution is 4.95. The van der Waals surface area contributed by atoms with E-state index >= 15 is 0 Å². The van der Waals surface area contributed by atoms with E-state index in [1.807, 2.05) is 0 Å². The average molecular weight is 201 g/mol. The molecule has 84 valence electrons. The number of nitrogens with one attached hydrogen (secondary N) is 1. The van der Waals surface area contributed by atoms with Crippen LogP contribution in [0.2, 0.25) is 0 Å². The highest BCUT2D eigenvalue weighted by Crippen LogP contribution is 2.28. The summed E-state index contributed by atoms with van der Waals surface area (Å²) in [6.07, 6.45) is 3.30. The normalized spacial score (nSPS) is 22.1. The van der Waals surface area contributed by atoms with E-state index in [0.29, 0.717) is 6.04 Å². The molecule has 14 heavy (non-hydrogen) atoms. The molecule has 1 saturated carbocycles. The Labute approximate surface area is 86.8 Å². The van der Waals surface area contributed by atoms with Crippen LogP contribution in [-0.4, -0.2) is 36.0 Å². The number of hydrogen-bond acceptors (Lipinski definition) is 3. The molecule has 0 saturated heterocycles. The maximum absolute atomic E-state index is 9.40. The van der Waals surface area contributed by atoms with Crippen molar-refractivity contribution >= 4 is 0 Å². The molecule has 1 atom stereocenters. The molecule has 1 fully saturated rings. The van der Waals surface area contributed by atoms with E-state index in [4.69, 9.17) is 4.74 Å². The van der Waals surface area contributed by atoms with Crippen molar-refractivity contribution < 1.29 is 9.84 Å². The van der Waals surface area contributed by atoms with Crippen LogP contribution in [0.1, 0.15) is 40.0 Å². The molecule has 0 heterocycles. The Hall–Kier alpha value is -0.120. The zero-order valence-corrected chi connectivity index (χ0v) is 9.76. The van der Waals surface area contributed by atoms with Gasteiger partial charge in [0.15, 0.2) is 0 Å². The third-order valence-electron chi connectivity index (χ3n) is 2.85. The molecule has 0 bridgehead atoms. The van der Waals surface area contributed by atoms with Crippen molar-refractivity contribution in [3.63, 3.8) is 0 Å². The topological polar surface area (TPSA) is 41.5 Å². The molecule has 0 radical (unpaired) electrons. The summed E-state index contributed by atoms with van der Waals surface area (Å²) in [6.45, 7) is 6.33. The van der Waals surface area contributed by atoms with Gasteiger partial charge in [0, 0.05) is 18.7 Å². The second-order valence-corrected chi connectivity index (χ2v) is 5.28. The van der Waals surface area contributed by atoms with Crippen molar-refractivity contribution in [2.24, 2.45) is 0 Å². The van der Waals surface area contributed by atoms with Crippen molar-refractivity contribution in [3.05, 3.63) is 0 Å². The highest BCUT2D eigenvalue weighted by Gasteiger charge is 2.36. The first kappa shape index (κ1) is 12.0. The number of methoxy groups -OCH3 is 1. The molecule has 0 aromatic rings. The maximum atomic E-state index is 9.40. The van der Waals surface area contributed by atoms with E-state index in [1.165, 1.54) is 12.8 Å². The second-order valence-electron chi connectivity index (χ2n) is 5.28. The fourth-order valence-electron chi connectivity index (χ4n) is 1.88. The minimum absolute atomic E-state index is 0.163. The standard InChI is InChI=1S/C11H23NO2/c1-10(2,14-4)7-11(3,8-13)12-9-5-6-9/h9,12-13H,5-8H2,1-4H3. The number of aliphatic hydroxyl groups is 1. The molecule has 0 spiro atoms. The van der Waals surface area contributed by atoms with Crippen LogP contribution < -0.4 is 5.32 Å². The van der Waals surface area contributed by atoms with Gasteiger partial charge in [-0.2, -0.15) is 0 Å². The Morgan fingerprint density at radius 1 is 1.36 bits per heavy atom. The van der Waals surface area contributed by atoms with E-state index in [-0.39, 0.29) is 17.7 Å². The Kier molecular flexibility index (Phi) is 3.56. The maximum Gasteiger partial charge on any atom is 0.0641 e. The molecule has 2 N–H and O–H groups in total. The molecular formula is C11H23NO2. The lowest BCUT2D eigenvalue weighted by Gasteiger charge is -2.36. The number of rotatable bonds is 6. The quantitative estimate of drug-likeness (QED) is 0.680. The minimum atomic E-state index is -0.208. The molecule has 0 aliphatic heterocycles. The van der Waals surface area contributed by atoms with E-state index in [2.05, 4.69) is 26.1 Å². The van der Waals surface area contributed by atoms with Crippen molar-refractivity contribution in [2.75, 3.05) is 13.7 Å². The zero-order chi connectivity index (χ0) is 10.8. The Balaban J connectivity index is 2.49. The van der Waals surface area contributed by atoms with Crippen molar-refractivity contribution in [3.8, 4) is 0 Å². The summed E-state index contributed by atoms with van der Waals surface area (Å²) in [4.78, 5) is 0. The predicted molar refractivity (Wildman–Crippen MR) is 57.4 cm³/mol. The third kappa shape index (κ3) is 3.56. The van der Waals surface area contributed by atoms with Crippen LogP contribution in [0.4, 0.5) is 0 Å². The van der Waals surface area contributed by atoms with Gasteiger partial charge >= 0.3 is 0 Å². The fraction of sp³-hybridized carbons (Fsp3) is 1.00. The molecule has 0 amide bonds. The van der Waals surface area contributed by atoms with E-state index in [9.17, 15) is 5.11 Å². The van der Waals surface area contributed by atoms with Gasteiger partial charge in [-0.1, -0.05) is 0 Å². The summed E-state index contributed by atoms with van der Waals surface area (Å²) in [7, 11) is 1.72. The van der Waals surface area contributed by atoms with Crippen LogP contribution in [0.5, 0.6) is 0 Å². The van der Waals surface area contributed by atoms with Crippen LogP contribution in [0.15, 0.2) is 0 Å². The van der Waals surface area contributed by atoms with E-state index in [1.54, 1.807) is 7.11 Å². The van der Waals surface area contributed by atoms with Gasteiger partial charge in [-0.25, -0.2) is 0 Å².